The number of ether oxygens (including phenoxy) is 1. The summed E-state index contributed by atoms with van der Waals surface area (Å²) < 4.78 is 32.4. The van der Waals surface area contributed by atoms with Crippen LogP contribution in [0.25, 0.3) is 0 Å². The van der Waals surface area contributed by atoms with Gasteiger partial charge in [-0.2, -0.15) is 8.42 Å². The molecule has 2 N–H and O–H groups in total. The van der Waals surface area contributed by atoms with Gasteiger partial charge in [0.05, 0.1) is 12.9 Å². The Kier molecular flexibility index (Phi) is 5.23. The van der Waals surface area contributed by atoms with E-state index in [0.717, 1.165) is 11.8 Å². The second kappa shape index (κ2) is 7.15. The van der Waals surface area contributed by atoms with E-state index in [1.165, 1.54) is 0 Å². The maximum absolute atomic E-state index is 11.0. The Morgan fingerprint density at radius 2 is 1.57 bits per heavy atom. The Morgan fingerprint density at radius 3 is 2.09 bits per heavy atom. The minimum Gasteiger partial charge on any atom is -0.493 e. The van der Waals surface area contributed by atoms with Gasteiger partial charge in [0.1, 0.15) is 11.5 Å². The molecule has 6 nitrogen and oxygen atoms in total. The van der Waals surface area contributed by atoms with Crippen LogP contribution >= 0.6 is 0 Å². The molecule has 0 spiro atoms. The number of primary amides is 1. The molecule has 0 saturated carbocycles. The minimum absolute atomic E-state index is 0.277. The maximum atomic E-state index is 11.0. The quantitative estimate of drug-likeness (QED) is 0.778. The molecule has 0 atom stereocenters. The SMILES string of the molecule is CS(=O)(=O)Oc1ccc(CCOc2ccc(C(N)=O)cc2)cc1. The highest BCUT2D eigenvalue weighted by Gasteiger charge is 2.04. The smallest absolute Gasteiger partial charge is 0.306 e. The normalized spacial score (nSPS) is 11.0. The summed E-state index contributed by atoms with van der Waals surface area (Å²) in [4.78, 5) is 11.0. The number of amides is 1. The molecule has 2 aromatic rings. The van der Waals surface area contributed by atoms with Crippen molar-refractivity contribution in [3.05, 3.63) is 59.7 Å². The molecule has 1 amide bonds. The molecule has 0 aliphatic rings. The monoisotopic (exact) mass is 335 g/mol. The summed E-state index contributed by atoms with van der Waals surface area (Å²) in [5.41, 5.74) is 6.58. The van der Waals surface area contributed by atoms with E-state index >= 15 is 0 Å². The zero-order chi connectivity index (χ0) is 16.9. The molecule has 0 radical (unpaired) electrons. The average molecular weight is 335 g/mol. The molecule has 0 saturated heterocycles. The lowest BCUT2D eigenvalue weighted by Gasteiger charge is -2.07. The van der Waals surface area contributed by atoms with Crippen LogP contribution in [0.1, 0.15) is 15.9 Å². The van der Waals surface area contributed by atoms with Crippen molar-refractivity contribution in [2.75, 3.05) is 12.9 Å². The molecule has 122 valence electrons. The van der Waals surface area contributed by atoms with Gasteiger partial charge in [0.25, 0.3) is 0 Å². The summed E-state index contributed by atoms with van der Waals surface area (Å²) >= 11 is 0. The van der Waals surface area contributed by atoms with Crippen molar-refractivity contribution >= 4 is 16.0 Å². The van der Waals surface area contributed by atoms with Crippen molar-refractivity contribution in [2.24, 2.45) is 5.73 Å². The van der Waals surface area contributed by atoms with Crippen molar-refractivity contribution < 1.29 is 22.1 Å². The van der Waals surface area contributed by atoms with E-state index in [1.807, 2.05) is 0 Å². The lowest BCUT2D eigenvalue weighted by molar-refractivity contribution is 0.1000. The molecule has 0 unspecified atom stereocenters. The number of carbonyl (C=O) groups is 1. The molecule has 0 aromatic heterocycles. The first-order valence-corrected chi connectivity index (χ1v) is 8.66. The van der Waals surface area contributed by atoms with Crippen LogP contribution in [-0.4, -0.2) is 27.2 Å². The van der Waals surface area contributed by atoms with Crippen LogP contribution in [0.2, 0.25) is 0 Å². The van der Waals surface area contributed by atoms with Crippen LogP contribution in [-0.2, 0) is 16.5 Å². The molecule has 7 heteroatoms. The Morgan fingerprint density at radius 1 is 1.00 bits per heavy atom. The second-order valence-electron chi connectivity index (χ2n) is 4.92. The third-order valence-electron chi connectivity index (χ3n) is 2.97. The fraction of sp³-hybridized carbons (Fsp3) is 0.188. The zero-order valence-corrected chi connectivity index (χ0v) is 13.4. The Hall–Kier alpha value is -2.54. The van der Waals surface area contributed by atoms with E-state index in [4.69, 9.17) is 14.7 Å². The predicted octanol–water partition coefficient (Wildman–Crippen LogP) is 1.75. The van der Waals surface area contributed by atoms with Crippen LogP contribution in [0.4, 0.5) is 0 Å². The van der Waals surface area contributed by atoms with E-state index in [0.29, 0.717) is 24.3 Å². The molecule has 2 aromatic carbocycles. The molecule has 0 aliphatic carbocycles. The standard InChI is InChI=1S/C16H17NO5S/c1-23(19,20)22-15-6-2-12(3-7-15)10-11-21-14-8-4-13(5-9-14)16(17)18/h2-9H,10-11H2,1H3,(H2,17,18). The van der Waals surface area contributed by atoms with Gasteiger partial charge in [-0.1, -0.05) is 12.1 Å². The Labute approximate surface area is 135 Å². The van der Waals surface area contributed by atoms with E-state index in [9.17, 15) is 13.2 Å². The van der Waals surface area contributed by atoms with Gasteiger partial charge in [-0.25, -0.2) is 0 Å². The first-order chi connectivity index (χ1) is 10.8. The Bertz CT molecular complexity index is 767. The van der Waals surface area contributed by atoms with Crippen molar-refractivity contribution in [2.45, 2.75) is 6.42 Å². The second-order valence-corrected chi connectivity index (χ2v) is 6.49. The number of carbonyl (C=O) groups excluding carboxylic acids is 1. The highest BCUT2D eigenvalue weighted by molar-refractivity contribution is 7.86. The molecule has 0 heterocycles. The number of hydrogen-bond acceptors (Lipinski definition) is 5. The van der Waals surface area contributed by atoms with Crippen LogP contribution in [0.15, 0.2) is 48.5 Å². The van der Waals surface area contributed by atoms with Gasteiger partial charge < -0.3 is 14.7 Å². The third kappa shape index (κ3) is 5.63. The first kappa shape index (κ1) is 16.8. The predicted molar refractivity (Wildman–Crippen MR) is 86.1 cm³/mol. The Balaban J connectivity index is 1.85. The van der Waals surface area contributed by atoms with Gasteiger partial charge >= 0.3 is 10.1 Å². The maximum Gasteiger partial charge on any atom is 0.306 e. The van der Waals surface area contributed by atoms with Gasteiger partial charge in [0.2, 0.25) is 5.91 Å². The van der Waals surface area contributed by atoms with Gasteiger partial charge in [-0.15, -0.1) is 0 Å². The van der Waals surface area contributed by atoms with Crippen LogP contribution in [0, 0.1) is 0 Å². The van der Waals surface area contributed by atoms with Crippen LogP contribution in [0.5, 0.6) is 11.5 Å². The first-order valence-electron chi connectivity index (χ1n) is 6.84. The van der Waals surface area contributed by atoms with Gasteiger partial charge in [-0.3, -0.25) is 4.79 Å². The lowest BCUT2D eigenvalue weighted by atomic mass is 10.1. The van der Waals surface area contributed by atoms with Crippen molar-refractivity contribution in [3.8, 4) is 11.5 Å². The van der Waals surface area contributed by atoms with Gasteiger partial charge in [-0.05, 0) is 42.0 Å². The lowest BCUT2D eigenvalue weighted by Crippen LogP contribution is -2.10. The molecule has 2 rings (SSSR count). The topological polar surface area (TPSA) is 95.7 Å². The number of hydrogen-bond donors (Lipinski definition) is 1. The van der Waals surface area contributed by atoms with Crippen molar-refractivity contribution in [3.63, 3.8) is 0 Å². The zero-order valence-electron chi connectivity index (χ0n) is 12.6. The van der Waals surface area contributed by atoms with E-state index in [2.05, 4.69) is 0 Å². The molecule has 23 heavy (non-hydrogen) atoms. The summed E-state index contributed by atoms with van der Waals surface area (Å²) in [6.45, 7) is 0.447. The van der Waals surface area contributed by atoms with Crippen molar-refractivity contribution in [1.29, 1.82) is 0 Å². The molecule has 0 fully saturated rings. The highest BCUT2D eigenvalue weighted by atomic mass is 32.2. The highest BCUT2D eigenvalue weighted by Crippen LogP contribution is 2.15. The van der Waals surface area contributed by atoms with Gasteiger partial charge in [0.15, 0.2) is 0 Å². The summed E-state index contributed by atoms with van der Waals surface area (Å²) in [6, 6.07) is 13.3. The van der Waals surface area contributed by atoms with Crippen LogP contribution in [0.3, 0.4) is 0 Å². The van der Waals surface area contributed by atoms with E-state index < -0.39 is 16.0 Å². The number of nitrogens with two attached hydrogens (primary N) is 1. The summed E-state index contributed by atoms with van der Waals surface area (Å²) in [5.74, 6) is 0.444. The van der Waals surface area contributed by atoms with Crippen molar-refractivity contribution in [1.82, 2.24) is 0 Å². The summed E-state index contributed by atoms with van der Waals surface area (Å²) in [5, 5.41) is 0. The van der Waals surface area contributed by atoms with Crippen LogP contribution < -0.4 is 14.7 Å². The average Bonchev–Trinajstić information content (AvgIpc) is 2.48. The fourth-order valence-electron chi connectivity index (χ4n) is 1.89. The third-order valence-corrected chi connectivity index (χ3v) is 3.46. The fourth-order valence-corrected chi connectivity index (χ4v) is 2.35. The molecular formula is C16H17NO5S. The molecular weight excluding hydrogens is 318 g/mol. The number of rotatable bonds is 7. The summed E-state index contributed by atoms with van der Waals surface area (Å²) in [7, 11) is -3.51. The molecule has 0 bridgehead atoms. The largest absolute Gasteiger partial charge is 0.493 e. The minimum atomic E-state index is -3.51. The summed E-state index contributed by atoms with van der Waals surface area (Å²) in [6.07, 6.45) is 1.65. The van der Waals surface area contributed by atoms with Gasteiger partial charge in [0, 0.05) is 12.0 Å². The van der Waals surface area contributed by atoms with E-state index in [1.54, 1.807) is 48.5 Å². The molecule has 0 aliphatic heterocycles. The number of benzene rings is 2. The van der Waals surface area contributed by atoms with E-state index in [-0.39, 0.29) is 5.75 Å².